The summed E-state index contributed by atoms with van der Waals surface area (Å²) in [6.45, 7) is 1.44. The van der Waals surface area contributed by atoms with E-state index >= 15 is 0 Å². The third kappa shape index (κ3) is 2.32. The van der Waals surface area contributed by atoms with Gasteiger partial charge in [-0.25, -0.2) is 0 Å². The van der Waals surface area contributed by atoms with Crippen LogP contribution in [-0.4, -0.2) is 43.4 Å². The molecule has 0 aromatic carbocycles. The van der Waals surface area contributed by atoms with Crippen molar-refractivity contribution in [2.75, 3.05) is 26.8 Å². The zero-order chi connectivity index (χ0) is 8.27. The maximum Gasteiger partial charge on any atom is 0.316 e. The molecule has 0 saturated carbocycles. The molecule has 11 heavy (non-hydrogen) atoms. The molecule has 4 nitrogen and oxygen atoms in total. The van der Waals surface area contributed by atoms with Crippen molar-refractivity contribution in [3.63, 3.8) is 0 Å². The number of carbonyl (C=O) groups is 1. The van der Waals surface area contributed by atoms with Gasteiger partial charge in [0.15, 0.2) is 6.29 Å². The van der Waals surface area contributed by atoms with Crippen LogP contribution in [0.1, 0.15) is 0 Å². The topological polar surface area (TPSA) is 38.8 Å². The predicted octanol–water partition coefficient (Wildman–Crippen LogP) is 0.650. The molecule has 5 heteroatoms. The van der Waals surface area contributed by atoms with Crippen molar-refractivity contribution < 1.29 is 14.3 Å². The number of nitrogens with zero attached hydrogens (tertiary/aromatic N) is 1. The third-order valence-electron chi connectivity index (χ3n) is 1.55. The summed E-state index contributed by atoms with van der Waals surface area (Å²) in [6, 6.07) is 0. The summed E-state index contributed by atoms with van der Waals surface area (Å²) in [7, 11) is 1.53. The lowest BCUT2D eigenvalue weighted by molar-refractivity contribution is -0.155. The van der Waals surface area contributed by atoms with Gasteiger partial charge in [-0.3, -0.25) is 4.79 Å². The van der Waals surface area contributed by atoms with E-state index in [1.165, 1.54) is 12.0 Å². The van der Waals surface area contributed by atoms with Crippen molar-refractivity contribution in [3.05, 3.63) is 0 Å². The zero-order valence-electron chi connectivity index (χ0n) is 6.25. The van der Waals surface area contributed by atoms with Gasteiger partial charge in [0.25, 0.3) is 0 Å². The fourth-order valence-corrected chi connectivity index (χ4v) is 1.07. The Morgan fingerprint density at radius 2 is 2.55 bits per heavy atom. The molecule has 1 heterocycles. The molecule has 1 atom stereocenters. The first kappa shape index (κ1) is 8.77. The van der Waals surface area contributed by atoms with Gasteiger partial charge in [-0.1, -0.05) is 0 Å². The van der Waals surface area contributed by atoms with Gasteiger partial charge in [-0.15, -0.1) is 0 Å². The minimum absolute atomic E-state index is 0.327. The third-order valence-corrected chi connectivity index (χ3v) is 1.78. The lowest BCUT2D eigenvalue weighted by Gasteiger charge is -2.30. The average molecular weight is 180 g/mol. The Morgan fingerprint density at radius 1 is 1.82 bits per heavy atom. The smallest absolute Gasteiger partial charge is 0.316 e. The van der Waals surface area contributed by atoms with Gasteiger partial charge in [-0.05, 0) is 11.6 Å². The minimum Gasteiger partial charge on any atom is -0.354 e. The maximum absolute atomic E-state index is 10.6. The van der Waals surface area contributed by atoms with Crippen LogP contribution in [0, 0.1) is 0 Å². The van der Waals surface area contributed by atoms with E-state index in [-0.39, 0.29) is 6.29 Å². The summed E-state index contributed by atoms with van der Waals surface area (Å²) in [5.41, 5.74) is 0. The van der Waals surface area contributed by atoms with E-state index in [4.69, 9.17) is 21.1 Å². The van der Waals surface area contributed by atoms with Crippen LogP contribution >= 0.6 is 11.6 Å². The number of ether oxygens (including phenoxy) is 2. The molecule has 1 saturated heterocycles. The van der Waals surface area contributed by atoms with Gasteiger partial charge < -0.3 is 14.4 Å². The van der Waals surface area contributed by atoms with Crippen molar-refractivity contribution in [2.45, 2.75) is 6.29 Å². The SMILES string of the molecule is COC1CN(C(=O)Cl)CCO1. The summed E-state index contributed by atoms with van der Waals surface area (Å²) in [6.07, 6.45) is -0.327. The largest absolute Gasteiger partial charge is 0.354 e. The van der Waals surface area contributed by atoms with Gasteiger partial charge >= 0.3 is 5.37 Å². The Bertz CT molecular complexity index is 153. The summed E-state index contributed by atoms with van der Waals surface area (Å²) in [5, 5.41) is -0.449. The van der Waals surface area contributed by atoms with E-state index in [9.17, 15) is 4.79 Å². The van der Waals surface area contributed by atoms with Crippen LogP contribution in [-0.2, 0) is 9.47 Å². The highest BCUT2D eigenvalue weighted by Gasteiger charge is 2.22. The fourth-order valence-electron chi connectivity index (χ4n) is 0.921. The highest BCUT2D eigenvalue weighted by atomic mass is 35.5. The van der Waals surface area contributed by atoms with Crippen molar-refractivity contribution >= 4 is 17.0 Å². The van der Waals surface area contributed by atoms with Gasteiger partial charge in [0.1, 0.15) is 0 Å². The molecular weight excluding hydrogens is 170 g/mol. The fraction of sp³-hybridized carbons (Fsp3) is 0.833. The number of carbonyl (C=O) groups excluding carboxylic acids is 1. The predicted molar refractivity (Wildman–Crippen MR) is 39.6 cm³/mol. The monoisotopic (exact) mass is 179 g/mol. The molecule has 0 radical (unpaired) electrons. The zero-order valence-corrected chi connectivity index (χ0v) is 7.00. The van der Waals surface area contributed by atoms with Gasteiger partial charge in [0.2, 0.25) is 0 Å². The first-order valence-corrected chi connectivity index (χ1v) is 3.70. The second kappa shape index (κ2) is 3.90. The normalized spacial score (nSPS) is 25.3. The summed E-state index contributed by atoms with van der Waals surface area (Å²) >= 11 is 5.25. The molecule has 64 valence electrons. The van der Waals surface area contributed by atoms with Crippen molar-refractivity contribution in [3.8, 4) is 0 Å². The molecule has 0 spiro atoms. The quantitative estimate of drug-likeness (QED) is 0.438. The van der Waals surface area contributed by atoms with Gasteiger partial charge in [-0.2, -0.15) is 0 Å². The number of methoxy groups -OCH3 is 1. The Balaban J connectivity index is 2.39. The van der Waals surface area contributed by atoms with E-state index in [0.717, 1.165) is 0 Å². The van der Waals surface area contributed by atoms with Crippen LogP contribution in [0.5, 0.6) is 0 Å². The second-order valence-electron chi connectivity index (χ2n) is 2.24. The summed E-state index contributed by atoms with van der Waals surface area (Å²) < 4.78 is 10.0. The Kier molecular flexibility index (Phi) is 3.11. The van der Waals surface area contributed by atoms with E-state index in [2.05, 4.69) is 0 Å². The number of hydrogen-bond donors (Lipinski definition) is 0. The molecule has 1 fully saturated rings. The van der Waals surface area contributed by atoms with Crippen molar-refractivity contribution in [1.82, 2.24) is 4.90 Å². The average Bonchev–Trinajstić information content (AvgIpc) is 2.05. The lowest BCUT2D eigenvalue weighted by atomic mass is 10.4. The molecule has 1 aliphatic rings. The van der Waals surface area contributed by atoms with Crippen LogP contribution in [0.3, 0.4) is 0 Å². The minimum atomic E-state index is -0.449. The van der Waals surface area contributed by atoms with E-state index in [0.29, 0.717) is 19.7 Å². The first-order chi connectivity index (χ1) is 5.24. The molecule has 1 amide bonds. The van der Waals surface area contributed by atoms with E-state index in [1.807, 2.05) is 0 Å². The highest BCUT2D eigenvalue weighted by molar-refractivity contribution is 6.62. The van der Waals surface area contributed by atoms with Crippen molar-refractivity contribution in [1.29, 1.82) is 0 Å². The lowest BCUT2D eigenvalue weighted by Crippen LogP contribution is -2.44. The molecule has 0 N–H and O–H groups in total. The number of hydrogen-bond acceptors (Lipinski definition) is 3. The number of amides is 1. The maximum atomic E-state index is 10.6. The molecule has 1 aliphatic heterocycles. The standard InChI is InChI=1S/C6H10ClNO3/c1-10-5-4-8(6(7)9)2-3-11-5/h5H,2-4H2,1H3. The Morgan fingerprint density at radius 3 is 3.09 bits per heavy atom. The Hall–Kier alpha value is -0.320. The molecule has 0 bridgehead atoms. The molecule has 0 aromatic rings. The van der Waals surface area contributed by atoms with Crippen LogP contribution in [0.25, 0.3) is 0 Å². The highest BCUT2D eigenvalue weighted by Crippen LogP contribution is 2.07. The van der Waals surface area contributed by atoms with E-state index < -0.39 is 5.37 Å². The van der Waals surface area contributed by atoms with Crippen LogP contribution in [0.15, 0.2) is 0 Å². The molecule has 1 unspecified atom stereocenters. The van der Waals surface area contributed by atoms with Crippen LogP contribution < -0.4 is 0 Å². The molecule has 0 aromatic heterocycles. The Labute approximate surface area is 70.0 Å². The second-order valence-corrected chi connectivity index (χ2v) is 2.56. The van der Waals surface area contributed by atoms with E-state index in [1.54, 1.807) is 0 Å². The summed E-state index contributed by atoms with van der Waals surface area (Å²) in [5.74, 6) is 0. The molecule has 1 rings (SSSR count). The summed E-state index contributed by atoms with van der Waals surface area (Å²) in [4.78, 5) is 12.1. The number of halogens is 1. The molecule has 0 aliphatic carbocycles. The number of rotatable bonds is 1. The van der Waals surface area contributed by atoms with Gasteiger partial charge in [0.05, 0.1) is 13.2 Å². The van der Waals surface area contributed by atoms with Crippen LogP contribution in [0.2, 0.25) is 0 Å². The van der Waals surface area contributed by atoms with Gasteiger partial charge in [0, 0.05) is 13.7 Å². The van der Waals surface area contributed by atoms with Crippen LogP contribution in [0.4, 0.5) is 4.79 Å². The first-order valence-electron chi connectivity index (χ1n) is 3.33. The number of morpholine rings is 1. The van der Waals surface area contributed by atoms with Crippen molar-refractivity contribution in [2.24, 2.45) is 0 Å². The molecular formula is C6H10ClNO3.